The average molecular weight is 341 g/mol. The van der Waals surface area contributed by atoms with Crippen molar-refractivity contribution >= 4 is 11.9 Å². The van der Waals surface area contributed by atoms with Gasteiger partial charge in [0.2, 0.25) is 0 Å². The third-order valence-corrected chi connectivity index (χ3v) is 3.88. The minimum Gasteiger partial charge on any atom is -0.496 e. The molecule has 132 valence electrons. The summed E-state index contributed by atoms with van der Waals surface area (Å²) in [4.78, 5) is 24.2. The van der Waals surface area contributed by atoms with Gasteiger partial charge in [-0.05, 0) is 31.0 Å². The van der Waals surface area contributed by atoms with Crippen LogP contribution >= 0.6 is 0 Å². The Balaban J connectivity index is 1.93. The normalized spacial score (nSPS) is 11.5. The van der Waals surface area contributed by atoms with Crippen molar-refractivity contribution in [1.82, 2.24) is 5.32 Å². The second-order valence-corrected chi connectivity index (χ2v) is 5.72. The standard InChI is InChI=1S/C20H23NO4/c1-4-17(15-11-9-14(2)10-12-15)21-19(22)13-25-20(23)16-7-5-6-8-18(16)24-3/h5-12,17H,4,13H2,1-3H3,(H,21,22)/t17-/m1/s1. The molecule has 0 heterocycles. The topological polar surface area (TPSA) is 64.6 Å². The predicted molar refractivity (Wildman–Crippen MR) is 95.6 cm³/mol. The Labute approximate surface area is 148 Å². The third-order valence-electron chi connectivity index (χ3n) is 3.88. The van der Waals surface area contributed by atoms with Crippen LogP contribution in [0.15, 0.2) is 48.5 Å². The fourth-order valence-electron chi connectivity index (χ4n) is 2.48. The molecule has 0 fully saturated rings. The van der Waals surface area contributed by atoms with E-state index in [0.717, 1.165) is 17.5 Å². The van der Waals surface area contributed by atoms with Crippen LogP contribution in [-0.4, -0.2) is 25.6 Å². The van der Waals surface area contributed by atoms with Gasteiger partial charge in [-0.15, -0.1) is 0 Å². The summed E-state index contributed by atoms with van der Waals surface area (Å²) in [5, 5.41) is 2.89. The SMILES string of the molecule is CC[C@@H](NC(=O)COC(=O)c1ccccc1OC)c1ccc(C)cc1. The maximum absolute atomic E-state index is 12.1. The van der Waals surface area contributed by atoms with E-state index in [-0.39, 0.29) is 18.6 Å². The smallest absolute Gasteiger partial charge is 0.342 e. The minimum atomic E-state index is -0.587. The lowest BCUT2D eigenvalue weighted by Crippen LogP contribution is -2.32. The molecule has 2 aromatic carbocycles. The van der Waals surface area contributed by atoms with E-state index in [1.807, 2.05) is 38.1 Å². The van der Waals surface area contributed by atoms with E-state index in [9.17, 15) is 9.59 Å². The number of carbonyl (C=O) groups is 2. The van der Waals surface area contributed by atoms with Crippen LogP contribution in [0.4, 0.5) is 0 Å². The van der Waals surface area contributed by atoms with Crippen LogP contribution in [0.5, 0.6) is 5.75 Å². The third kappa shape index (κ3) is 5.08. The largest absolute Gasteiger partial charge is 0.496 e. The zero-order valence-electron chi connectivity index (χ0n) is 14.7. The summed E-state index contributed by atoms with van der Waals surface area (Å²) < 4.78 is 10.2. The molecule has 0 aliphatic heterocycles. The Morgan fingerprint density at radius 3 is 2.40 bits per heavy atom. The summed E-state index contributed by atoms with van der Waals surface area (Å²) in [5.41, 5.74) is 2.48. The second-order valence-electron chi connectivity index (χ2n) is 5.72. The summed E-state index contributed by atoms with van der Waals surface area (Å²) in [5.74, 6) is -0.509. The van der Waals surface area contributed by atoms with Crippen LogP contribution in [-0.2, 0) is 9.53 Å². The second kappa shape index (κ2) is 8.87. The molecule has 2 rings (SSSR count). The van der Waals surface area contributed by atoms with Crippen molar-refractivity contribution in [2.75, 3.05) is 13.7 Å². The molecule has 0 saturated heterocycles. The van der Waals surface area contributed by atoms with Gasteiger partial charge >= 0.3 is 5.97 Å². The lowest BCUT2D eigenvalue weighted by atomic mass is 10.0. The Bertz CT molecular complexity index is 725. The van der Waals surface area contributed by atoms with Crippen molar-refractivity contribution in [3.63, 3.8) is 0 Å². The molecule has 0 aliphatic rings. The zero-order valence-corrected chi connectivity index (χ0v) is 14.7. The van der Waals surface area contributed by atoms with Gasteiger partial charge in [0.25, 0.3) is 5.91 Å². The molecule has 1 amide bonds. The minimum absolute atomic E-state index is 0.113. The number of rotatable bonds is 7. The molecule has 0 unspecified atom stereocenters. The summed E-state index contributed by atoms with van der Waals surface area (Å²) >= 11 is 0. The zero-order chi connectivity index (χ0) is 18.2. The first kappa shape index (κ1) is 18.5. The highest BCUT2D eigenvalue weighted by Crippen LogP contribution is 2.19. The van der Waals surface area contributed by atoms with Crippen molar-refractivity contribution in [1.29, 1.82) is 0 Å². The number of carbonyl (C=O) groups excluding carboxylic acids is 2. The van der Waals surface area contributed by atoms with E-state index in [0.29, 0.717) is 11.3 Å². The molecule has 0 radical (unpaired) electrons. The van der Waals surface area contributed by atoms with Crippen molar-refractivity contribution in [2.24, 2.45) is 0 Å². The van der Waals surface area contributed by atoms with Crippen molar-refractivity contribution in [3.05, 3.63) is 65.2 Å². The number of amides is 1. The van der Waals surface area contributed by atoms with Gasteiger partial charge < -0.3 is 14.8 Å². The summed E-state index contributed by atoms with van der Waals surface area (Å²) in [6.45, 7) is 3.67. The number of para-hydroxylation sites is 1. The van der Waals surface area contributed by atoms with E-state index in [4.69, 9.17) is 9.47 Å². The van der Waals surface area contributed by atoms with Gasteiger partial charge in [-0.25, -0.2) is 4.79 Å². The Morgan fingerprint density at radius 1 is 1.08 bits per heavy atom. The van der Waals surface area contributed by atoms with Crippen LogP contribution in [0.2, 0.25) is 0 Å². The van der Waals surface area contributed by atoms with E-state index in [1.54, 1.807) is 24.3 Å². The fraction of sp³-hybridized carbons (Fsp3) is 0.300. The predicted octanol–water partition coefficient (Wildman–Crippen LogP) is 3.43. The molecule has 0 aromatic heterocycles. The summed E-state index contributed by atoms with van der Waals surface area (Å²) in [6, 6.07) is 14.6. The van der Waals surface area contributed by atoms with E-state index in [1.165, 1.54) is 7.11 Å². The molecular weight excluding hydrogens is 318 g/mol. The Kier molecular flexibility index (Phi) is 6.57. The van der Waals surface area contributed by atoms with Gasteiger partial charge in [-0.2, -0.15) is 0 Å². The number of nitrogens with one attached hydrogen (secondary N) is 1. The monoisotopic (exact) mass is 341 g/mol. The van der Waals surface area contributed by atoms with Crippen LogP contribution in [0, 0.1) is 6.92 Å². The number of aryl methyl sites for hydroxylation is 1. The molecule has 2 aromatic rings. The van der Waals surface area contributed by atoms with Crippen molar-refractivity contribution < 1.29 is 19.1 Å². The molecule has 25 heavy (non-hydrogen) atoms. The van der Waals surface area contributed by atoms with Crippen molar-refractivity contribution in [3.8, 4) is 5.75 Å². The van der Waals surface area contributed by atoms with Crippen LogP contribution in [0.25, 0.3) is 0 Å². The first-order valence-corrected chi connectivity index (χ1v) is 8.21. The highest BCUT2D eigenvalue weighted by molar-refractivity contribution is 5.94. The molecule has 0 saturated carbocycles. The number of hydrogen-bond donors (Lipinski definition) is 1. The molecule has 1 N–H and O–H groups in total. The Hall–Kier alpha value is -2.82. The van der Waals surface area contributed by atoms with Gasteiger partial charge in [-0.3, -0.25) is 4.79 Å². The van der Waals surface area contributed by atoms with Crippen LogP contribution in [0.3, 0.4) is 0 Å². The molecule has 0 aliphatic carbocycles. The molecule has 5 heteroatoms. The maximum Gasteiger partial charge on any atom is 0.342 e. The first-order valence-electron chi connectivity index (χ1n) is 8.21. The number of hydrogen-bond acceptors (Lipinski definition) is 4. The highest BCUT2D eigenvalue weighted by atomic mass is 16.5. The quantitative estimate of drug-likeness (QED) is 0.784. The van der Waals surface area contributed by atoms with Gasteiger partial charge in [0.05, 0.1) is 13.2 Å². The average Bonchev–Trinajstić information content (AvgIpc) is 2.64. The van der Waals surface area contributed by atoms with Gasteiger partial charge in [0.1, 0.15) is 11.3 Å². The summed E-state index contributed by atoms with van der Waals surface area (Å²) in [6.07, 6.45) is 0.745. The molecule has 5 nitrogen and oxygen atoms in total. The Morgan fingerprint density at radius 2 is 1.76 bits per heavy atom. The van der Waals surface area contributed by atoms with Crippen LogP contribution in [0.1, 0.15) is 40.9 Å². The van der Waals surface area contributed by atoms with Crippen LogP contribution < -0.4 is 10.1 Å². The lowest BCUT2D eigenvalue weighted by Gasteiger charge is -2.18. The van der Waals surface area contributed by atoms with Gasteiger partial charge in [0, 0.05) is 0 Å². The lowest BCUT2D eigenvalue weighted by molar-refractivity contribution is -0.125. The van der Waals surface area contributed by atoms with Gasteiger partial charge in [-0.1, -0.05) is 48.9 Å². The molecule has 1 atom stereocenters. The number of benzene rings is 2. The molecular formula is C20H23NO4. The highest BCUT2D eigenvalue weighted by Gasteiger charge is 2.17. The van der Waals surface area contributed by atoms with E-state index < -0.39 is 5.97 Å². The summed E-state index contributed by atoms with van der Waals surface area (Å²) in [7, 11) is 1.48. The van der Waals surface area contributed by atoms with E-state index in [2.05, 4.69) is 5.32 Å². The van der Waals surface area contributed by atoms with Gasteiger partial charge in [0.15, 0.2) is 6.61 Å². The molecule has 0 spiro atoms. The van der Waals surface area contributed by atoms with E-state index >= 15 is 0 Å². The number of ether oxygens (including phenoxy) is 2. The van der Waals surface area contributed by atoms with Crippen molar-refractivity contribution in [2.45, 2.75) is 26.3 Å². The molecule has 0 bridgehead atoms. The maximum atomic E-state index is 12.1. The first-order chi connectivity index (χ1) is 12.0. The number of methoxy groups -OCH3 is 1. The fourth-order valence-corrected chi connectivity index (χ4v) is 2.48. The number of esters is 1.